The van der Waals surface area contributed by atoms with Crippen molar-refractivity contribution in [2.45, 2.75) is 25.3 Å². The van der Waals surface area contributed by atoms with E-state index in [4.69, 9.17) is 4.74 Å². The van der Waals surface area contributed by atoms with Gasteiger partial charge in [0.05, 0.1) is 18.6 Å². The van der Waals surface area contributed by atoms with E-state index in [1.165, 1.54) is 0 Å². The summed E-state index contributed by atoms with van der Waals surface area (Å²) in [6, 6.07) is 13.9. The van der Waals surface area contributed by atoms with Crippen molar-refractivity contribution < 1.29 is 17.9 Å². The third kappa shape index (κ3) is 4.83. The molecule has 2 rings (SSSR count). The maximum absolute atomic E-state index is 12.7. The molecular formula is C19H24N2O4S. The number of likely N-dealkylation sites (N-methyl/N-ethyl adjacent to an activating group) is 1. The molecule has 0 saturated carbocycles. The average molecular weight is 376 g/mol. The second kappa shape index (κ2) is 8.82. The van der Waals surface area contributed by atoms with Gasteiger partial charge in [-0.15, -0.1) is 0 Å². The van der Waals surface area contributed by atoms with Crippen LogP contribution in [0.2, 0.25) is 0 Å². The molecule has 0 fully saturated rings. The van der Waals surface area contributed by atoms with Crippen molar-refractivity contribution in [3.8, 4) is 5.75 Å². The van der Waals surface area contributed by atoms with Gasteiger partial charge in [-0.3, -0.25) is 4.79 Å². The molecule has 2 aromatic rings. The molecule has 26 heavy (non-hydrogen) atoms. The zero-order valence-corrected chi connectivity index (χ0v) is 16.0. The molecule has 0 aliphatic heterocycles. The van der Waals surface area contributed by atoms with E-state index >= 15 is 0 Å². The van der Waals surface area contributed by atoms with E-state index < -0.39 is 10.0 Å². The van der Waals surface area contributed by atoms with Crippen LogP contribution in [0, 0.1) is 6.92 Å². The summed E-state index contributed by atoms with van der Waals surface area (Å²) in [4.78, 5) is 12.4. The highest BCUT2D eigenvalue weighted by Gasteiger charge is 2.25. The number of nitrogens with one attached hydrogen (secondary N) is 1. The first-order chi connectivity index (χ1) is 12.4. The zero-order chi connectivity index (χ0) is 19.2. The number of nitrogens with zero attached hydrogens (tertiary/aromatic N) is 1. The van der Waals surface area contributed by atoms with Crippen LogP contribution in [0.3, 0.4) is 0 Å². The van der Waals surface area contributed by atoms with Crippen molar-refractivity contribution in [3.05, 3.63) is 59.7 Å². The van der Waals surface area contributed by atoms with Crippen LogP contribution in [-0.4, -0.2) is 38.8 Å². The number of para-hydroxylation sites is 1. The minimum Gasteiger partial charge on any atom is -0.496 e. The highest BCUT2D eigenvalue weighted by Crippen LogP contribution is 2.18. The lowest BCUT2D eigenvalue weighted by atomic mass is 10.2. The molecular weight excluding hydrogens is 352 g/mol. The summed E-state index contributed by atoms with van der Waals surface area (Å²) < 4.78 is 31.8. The summed E-state index contributed by atoms with van der Waals surface area (Å²) in [5.41, 5.74) is 1.80. The van der Waals surface area contributed by atoms with E-state index in [-0.39, 0.29) is 30.4 Å². The topological polar surface area (TPSA) is 75.7 Å². The van der Waals surface area contributed by atoms with Crippen LogP contribution in [0.4, 0.5) is 0 Å². The molecule has 0 aliphatic rings. The number of carbonyl (C=O) groups is 1. The fraction of sp³-hybridized carbons (Fsp3) is 0.316. The van der Waals surface area contributed by atoms with E-state index in [9.17, 15) is 13.2 Å². The minimum absolute atomic E-state index is 0.183. The third-order valence-corrected chi connectivity index (χ3v) is 5.93. The number of hydrogen-bond acceptors (Lipinski definition) is 4. The molecule has 140 valence electrons. The number of methoxy groups -OCH3 is 1. The molecule has 0 atom stereocenters. The number of benzene rings is 2. The molecule has 1 amide bonds. The number of amides is 1. The Morgan fingerprint density at radius 2 is 1.77 bits per heavy atom. The Hall–Kier alpha value is -2.38. The average Bonchev–Trinajstić information content (AvgIpc) is 2.64. The lowest BCUT2D eigenvalue weighted by molar-refractivity contribution is -0.121. The quantitative estimate of drug-likeness (QED) is 0.767. The number of rotatable bonds is 8. The SMILES string of the molecule is CCN(CC(=O)NCc1ccccc1OC)S(=O)(=O)c1ccc(C)cc1. The maximum atomic E-state index is 12.7. The van der Waals surface area contributed by atoms with Crippen molar-refractivity contribution in [1.82, 2.24) is 9.62 Å². The Morgan fingerprint density at radius 1 is 1.12 bits per heavy atom. The molecule has 6 nitrogen and oxygen atoms in total. The second-order valence-electron chi connectivity index (χ2n) is 5.83. The van der Waals surface area contributed by atoms with Crippen molar-refractivity contribution >= 4 is 15.9 Å². The smallest absolute Gasteiger partial charge is 0.243 e. The van der Waals surface area contributed by atoms with E-state index in [0.717, 1.165) is 15.4 Å². The first-order valence-corrected chi connectivity index (χ1v) is 9.78. The first-order valence-electron chi connectivity index (χ1n) is 8.34. The summed E-state index contributed by atoms with van der Waals surface area (Å²) >= 11 is 0. The first kappa shape index (κ1) is 19.9. The van der Waals surface area contributed by atoms with Gasteiger partial charge < -0.3 is 10.1 Å². The molecule has 2 aromatic carbocycles. The molecule has 0 bridgehead atoms. The maximum Gasteiger partial charge on any atom is 0.243 e. The monoisotopic (exact) mass is 376 g/mol. The van der Waals surface area contributed by atoms with Gasteiger partial charge in [0.25, 0.3) is 0 Å². The van der Waals surface area contributed by atoms with E-state index in [0.29, 0.717) is 5.75 Å². The fourth-order valence-electron chi connectivity index (χ4n) is 2.48. The van der Waals surface area contributed by atoms with Gasteiger partial charge in [0.2, 0.25) is 15.9 Å². The van der Waals surface area contributed by atoms with Gasteiger partial charge in [0.15, 0.2) is 0 Å². The Kier molecular flexibility index (Phi) is 6.76. The van der Waals surface area contributed by atoms with Crippen molar-refractivity contribution in [2.24, 2.45) is 0 Å². The van der Waals surface area contributed by atoms with Crippen LogP contribution in [-0.2, 0) is 21.4 Å². The molecule has 0 spiro atoms. The summed E-state index contributed by atoms with van der Waals surface area (Å²) in [7, 11) is -2.15. The minimum atomic E-state index is -3.71. The van der Waals surface area contributed by atoms with Gasteiger partial charge in [0, 0.05) is 18.7 Å². The molecule has 0 saturated heterocycles. The standard InChI is InChI=1S/C19H24N2O4S/c1-4-21(26(23,24)17-11-9-15(2)10-12-17)14-19(22)20-13-16-7-5-6-8-18(16)25-3/h5-12H,4,13-14H2,1-3H3,(H,20,22). The van der Waals surface area contributed by atoms with Gasteiger partial charge in [0.1, 0.15) is 5.75 Å². The van der Waals surface area contributed by atoms with E-state index in [1.807, 2.05) is 31.2 Å². The summed E-state index contributed by atoms with van der Waals surface area (Å²) in [6.45, 7) is 3.84. The van der Waals surface area contributed by atoms with E-state index in [2.05, 4.69) is 5.32 Å². The Morgan fingerprint density at radius 3 is 2.38 bits per heavy atom. The fourth-order valence-corrected chi connectivity index (χ4v) is 3.89. The van der Waals surface area contributed by atoms with Crippen molar-refractivity contribution in [1.29, 1.82) is 0 Å². The largest absolute Gasteiger partial charge is 0.496 e. The number of ether oxygens (including phenoxy) is 1. The lowest BCUT2D eigenvalue weighted by Crippen LogP contribution is -2.40. The van der Waals surface area contributed by atoms with Crippen molar-refractivity contribution in [2.75, 3.05) is 20.2 Å². The number of hydrogen-bond donors (Lipinski definition) is 1. The Labute approximate surface area is 154 Å². The molecule has 0 heterocycles. The van der Waals surface area contributed by atoms with Gasteiger partial charge in [-0.25, -0.2) is 8.42 Å². The normalized spacial score (nSPS) is 11.4. The molecule has 7 heteroatoms. The van der Waals surface area contributed by atoms with Crippen LogP contribution in [0.1, 0.15) is 18.1 Å². The molecule has 1 N–H and O–H groups in total. The van der Waals surface area contributed by atoms with Crippen LogP contribution in [0.25, 0.3) is 0 Å². The number of sulfonamides is 1. The second-order valence-corrected chi connectivity index (χ2v) is 7.77. The van der Waals surface area contributed by atoms with Crippen LogP contribution in [0.15, 0.2) is 53.4 Å². The third-order valence-electron chi connectivity index (χ3n) is 4.00. The summed E-state index contributed by atoms with van der Waals surface area (Å²) in [5, 5.41) is 2.75. The lowest BCUT2D eigenvalue weighted by Gasteiger charge is -2.20. The number of aryl methyl sites for hydroxylation is 1. The predicted molar refractivity (Wildman–Crippen MR) is 100 cm³/mol. The zero-order valence-electron chi connectivity index (χ0n) is 15.2. The molecule has 0 aromatic heterocycles. The van der Waals surface area contributed by atoms with Crippen LogP contribution >= 0.6 is 0 Å². The van der Waals surface area contributed by atoms with Gasteiger partial charge in [-0.05, 0) is 25.1 Å². The van der Waals surface area contributed by atoms with Crippen molar-refractivity contribution in [3.63, 3.8) is 0 Å². The van der Waals surface area contributed by atoms with Gasteiger partial charge in [-0.2, -0.15) is 4.31 Å². The predicted octanol–water partition coefficient (Wildman–Crippen LogP) is 2.33. The Balaban J connectivity index is 2.04. The number of carbonyl (C=O) groups excluding carboxylic acids is 1. The summed E-state index contributed by atoms with van der Waals surface area (Å²) in [6.07, 6.45) is 0. The molecule has 0 unspecified atom stereocenters. The van der Waals surface area contributed by atoms with Gasteiger partial charge >= 0.3 is 0 Å². The van der Waals surface area contributed by atoms with Crippen LogP contribution < -0.4 is 10.1 Å². The van der Waals surface area contributed by atoms with E-state index in [1.54, 1.807) is 38.3 Å². The highest BCUT2D eigenvalue weighted by atomic mass is 32.2. The summed E-state index contributed by atoms with van der Waals surface area (Å²) in [5.74, 6) is 0.306. The molecule has 0 radical (unpaired) electrons. The van der Waals surface area contributed by atoms with Crippen LogP contribution in [0.5, 0.6) is 5.75 Å². The highest BCUT2D eigenvalue weighted by molar-refractivity contribution is 7.89. The molecule has 0 aliphatic carbocycles. The van der Waals surface area contributed by atoms with Gasteiger partial charge in [-0.1, -0.05) is 42.8 Å². The Bertz CT molecular complexity index is 848.